The van der Waals surface area contributed by atoms with Crippen molar-refractivity contribution >= 4 is 40.1 Å². The van der Waals surface area contributed by atoms with E-state index >= 15 is 0 Å². The Labute approximate surface area is 108 Å². The summed E-state index contributed by atoms with van der Waals surface area (Å²) >= 11 is 4.14. The number of ketones is 1. The summed E-state index contributed by atoms with van der Waals surface area (Å²) < 4.78 is 1.02. The van der Waals surface area contributed by atoms with Gasteiger partial charge in [0.1, 0.15) is 0 Å². The molecular formula is C12H13IOS. The number of fused-ring (bicyclic) bond motifs is 1. The summed E-state index contributed by atoms with van der Waals surface area (Å²) in [4.78, 5) is 13.1. The number of rotatable bonds is 1. The van der Waals surface area contributed by atoms with Crippen LogP contribution in [0.3, 0.4) is 0 Å². The molecule has 80 valence electrons. The van der Waals surface area contributed by atoms with E-state index in [-0.39, 0.29) is 4.75 Å². The number of carbonyl (C=O) groups is 1. The SMILES string of the molecule is CC1(C)CC(=O)c2cc(CI)ccc2S1. The van der Waals surface area contributed by atoms with Gasteiger partial charge in [0.05, 0.1) is 0 Å². The van der Waals surface area contributed by atoms with E-state index in [9.17, 15) is 4.79 Å². The van der Waals surface area contributed by atoms with Gasteiger partial charge in [0.25, 0.3) is 0 Å². The molecule has 0 radical (unpaired) electrons. The second-order valence-electron chi connectivity index (χ2n) is 4.43. The van der Waals surface area contributed by atoms with Crippen LogP contribution in [0.4, 0.5) is 0 Å². The lowest BCUT2D eigenvalue weighted by Gasteiger charge is -2.29. The molecule has 0 saturated heterocycles. The Morgan fingerprint density at radius 3 is 2.87 bits per heavy atom. The van der Waals surface area contributed by atoms with Crippen molar-refractivity contribution in [1.29, 1.82) is 0 Å². The summed E-state index contributed by atoms with van der Waals surface area (Å²) in [5.74, 6) is 0.292. The molecule has 0 amide bonds. The van der Waals surface area contributed by atoms with Crippen LogP contribution in [-0.2, 0) is 4.43 Å². The number of benzene rings is 1. The van der Waals surface area contributed by atoms with Crippen molar-refractivity contribution in [3.8, 4) is 0 Å². The summed E-state index contributed by atoms with van der Waals surface area (Å²) in [6, 6.07) is 6.26. The van der Waals surface area contributed by atoms with Gasteiger partial charge in [-0.3, -0.25) is 4.79 Å². The predicted molar refractivity (Wildman–Crippen MR) is 73.0 cm³/mol. The minimum atomic E-state index is 0.0515. The number of halogens is 1. The lowest BCUT2D eigenvalue weighted by atomic mass is 9.98. The van der Waals surface area contributed by atoms with Crippen molar-refractivity contribution < 1.29 is 4.79 Å². The number of carbonyl (C=O) groups excluding carboxylic acids is 1. The first kappa shape index (κ1) is 11.5. The van der Waals surface area contributed by atoms with Gasteiger partial charge in [0.2, 0.25) is 0 Å². The summed E-state index contributed by atoms with van der Waals surface area (Å²) in [6.07, 6.45) is 0.648. The zero-order chi connectivity index (χ0) is 11.1. The molecule has 3 heteroatoms. The van der Waals surface area contributed by atoms with Gasteiger partial charge in [-0.1, -0.05) is 28.7 Å². The van der Waals surface area contributed by atoms with Crippen LogP contribution in [0, 0.1) is 0 Å². The third-order valence-corrected chi connectivity index (χ3v) is 4.62. The fourth-order valence-electron chi connectivity index (χ4n) is 1.78. The van der Waals surface area contributed by atoms with Crippen molar-refractivity contribution in [3.63, 3.8) is 0 Å². The van der Waals surface area contributed by atoms with Gasteiger partial charge in [0, 0.05) is 26.1 Å². The molecule has 0 bridgehead atoms. The minimum absolute atomic E-state index is 0.0515. The van der Waals surface area contributed by atoms with E-state index in [0.29, 0.717) is 12.2 Å². The van der Waals surface area contributed by atoms with E-state index in [4.69, 9.17) is 0 Å². The number of Topliss-reactive ketones (excluding diaryl/α,β-unsaturated/α-hetero) is 1. The van der Waals surface area contributed by atoms with Crippen LogP contribution in [0.15, 0.2) is 23.1 Å². The first-order valence-corrected chi connectivity index (χ1v) is 7.27. The highest BCUT2D eigenvalue weighted by Gasteiger charge is 2.31. The summed E-state index contributed by atoms with van der Waals surface area (Å²) in [5.41, 5.74) is 2.16. The van der Waals surface area contributed by atoms with Gasteiger partial charge < -0.3 is 0 Å². The average molecular weight is 332 g/mol. The number of hydrogen-bond acceptors (Lipinski definition) is 2. The molecule has 1 nitrogen and oxygen atoms in total. The molecule has 0 N–H and O–H groups in total. The molecule has 1 aliphatic heterocycles. The molecule has 0 atom stereocenters. The molecule has 15 heavy (non-hydrogen) atoms. The monoisotopic (exact) mass is 332 g/mol. The van der Waals surface area contributed by atoms with Crippen LogP contribution in [-0.4, -0.2) is 10.5 Å². The maximum atomic E-state index is 12.0. The van der Waals surface area contributed by atoms with Gasteiger partial charge in [-0.25, -0.2) is 0 Å². The van der Waals surface area contributed by atoms with Crippen molar-refractivity contribution in [3.05, 3.63) is 29.3 Å². The maximum Gasteiger partial charge on any atom is 0.165 e. The lowest BCUT2D eigenvalue weighted by Crippen LogP contribution is -2.25. The van der Waals surface area contributed by atoms with Crippen LogP contribution in [0.1, 0.15) is 36.2 Å². The molecule has 0 saturated carbocycles. The summed E-state index contributed by atoms with van der Waals surface area (Å²) in [5, 5.41) is 0. The van der Waals surface area contributed by atoms with E-state index in [0.717, 1.165) is 14.9 Å². The second-order valence-corrected chi connectivity index (χ2v) is 6.94. The standard InChI is InChI=1S/C12H13IOS/c1-12(2)6-10(14)9-5-8(7-13)3-4-11(9)15-12/h3-5H,6-7H2,1-2H3. The van der Waals surface area contributed by atoms with Crippen LogP contribution >= 0.6 is 34.4 Å². The fourth-order valence-corrected chi connectivity index (χ4v) is 3.47. The molecule has 0 aliphatic carbocycles. The van der Waals surface area contributed by atoms with Crippen LogP contribution < -0.4 is 0 Å². The van der Waals surface area contributed by atoms with Crippen molar-refractivity contribution in [2.24, 2.45) is 0 Å². The van der Waals surface area contributed by atoms with Gasteiger partial charge in [-0.2, -0.15) is 0 Å². The van der Waals surface area contributed by atoms with E-state index in [1.165, 1.54) is 5.56 Å². The van der Waals surface area contributed by atoms with Gasteiger partial charge in [-0.05, 0) is 31.5 Å². The highest BCUT2D eigenvalue weighted by Crippen LogP contribution is 2.42. The molecule has 1 heterocycles. The van der Waals surface area contributed by atoms with E-state index < -0.39 is 0 Å². The van der Waals surface area contributed by atoms with Gasteiger partial charge in [0.15, 0.2) is 5.78 Å². The quantitative estimate of drug-likeness (QED) is 0.569. The topological polar surface area (TPSA) is 17.1 Å². The normalized spacial score (nSPS) is 18.7. The maximum absolute atomic E-state index is 12.0. The molecular weight excluding hydrogens is 319 g/mol. The van der Waals surface area contributed by atoms with Crippen LogP contribution in [0.25, 0.3) is 0 Å². The average Bonchev–Trinajstić information content (AvgIpc) is 2.15. The first-order valence-electron chi connectivity index (χ1n) is 4.93. The zero-order valence-corrected chi connectivity index (χ0v) is 11.8. The molecule has 0 spiro atoms. The zero-order valence-electron chi connectivity index (χ0n) is 8.84. The Morgan fingerprint density at radius 1 is 1.47 bits per heavy atom. The second kappa shape index (κ2) is 4.09. The Kier molecular flexibility index (Phi) is 3.12. The smallest absolute Gasteiger partial charge is 0.165 e. The third-order valence-electron chi connectivity index (χ3n) is 2.47. The fraction of sp³-hybridized carbons (Fsp3) is 0.417. The molecule has 1 aromatic carbocycles. The number of hydrogen-bond donors (Lipinski definition) is 0. The van der Waals surface area contributed by atoms with E-state index in [2.05, 4.69) is 48.6 Å². The number of thioether (sulfide) groups is 1. The highest BCUT2D eigenvalue weighted by molar-refractivity contribution is 14.1. The van der Waals surface area contributed by atoms with Crippen molar-refractivity contribution in [1.82, 2.24) is 0 Å². The van der Waals surface area contributed by atoms with Crippen molar-refractivity contribution in [2.45, 2.75) is 34.3 Å². The molecule has 0 aromatic heterocycles. The molecule has 0 fully saturated rings. The Morgan fingerprint density at radius 2 is 2.20 bits per heavy atom. The first-order chi connectivity index (χ1) is 7.02. The van der Waals surface area contributed by atoms with Crippen molar-refractivity contribution in [2.75, 3.05) is 0 Å². The Bertz CT molecular complexity index is 412. The molecule has 1 aromatic rings. The van der Waals surface area contributed by atoms with Crippen LogP contribution in [0.5, 0.6) is 0 Å². The van der Waals surface area contributed by atoms with Crippen LogP contribution in [0.2, 0.25) is 0 Å². The van der Waals surface area contributed by atoms with Gasteiger partial charge in [-0.15, -0.1) is 11.8 Å². The Hall–Kier alpha value is -0.0300. The third kappa shape index (κ3) is 2.38. The van der Waals surface area contributed by atoms with E-state index in [1.54, 1.807) is 0 Å². The predicted octanol–water partition coefficient (Wildman–Crippen LogP) is 4.08. The highest BCUT2D eigenvalue weighted by atomic mass is 127. The largest absolute Gasteiger partial charge is 0.294 e. The number of alkyl halides is 1. The summed E-state index contributed by atoms with van der Waals surface area (Å²) in [6.45, 7) is 4.26. The van der Waals surface area contributed by atoms with E-state index in [1.807, 2.05) is 17.8 Å². The summed E-state index contributed by atoms with van der Waals surface area (Å²) in [7, 11) is 0. The minimum Gasteiger partial charge on any atom is -0.294 e. The Balaban J connectivity index is 2.46. The lowest BCUT2D eigenvalue weighted by molar-refractivity contribution is 0.0967. The molecule has 2 rings (SSSR count). The van der Waals surface area contributed by atoms with Gasteiger partial charge >= 0.3 is 0 Å². The molecule has 0 unspecified atom stereocenters. The molecule has 1 aliphatic rings.